The van der Waals surface area contributed by atoms with E-state index in [9.17, 15) is 4.79 Å². The summed E-state index contributed by atoms with van der Waals surface area (Å²) in [6, 6.07) is 7.60. The van der Waals surface area contributed by atoms with Crippen LogP contribution in [0.3, 0.4) is 0 Å². The molecule has 0 aliphatic carbocycles. The lowest BCUT2D eigenvalue weighted by atomic mass is 9.78. The topological polar surface area (TPSA) is 23.6 Å². The molecule has 0 bridgehead atoms. The first kappa shape index (κ1) is 14.9. The highest BCUT2D eigenvalue weighted by Crippen LogP contribution is 2.40. The molecule has 3 rings (SSSR count). The Morgan fingerprint density at radius 2 is 1.76 bits per heavy atom. The molecule has 0 radical (unpaired) electrons. The number of nitrogens with zero attached hydrogens (tertiary/aromatic N) is 2. The molecule has 1 aromatic carbocycles. The lowest BCUT2D eigenvalue weighted by molar-refractivity contribution is -0.130. The van der Waals surface area contributed by atoms with Gasteiger partial charge < -0.3 is 9.80 Å². The molecule has 2 fully saturated rings. The van der Waals surface area contributed by atoms with Crippen molar-refractivity contribution >= 4 is 17.5 Å². The summed E-state index contributed by atoms with van der Waals surface area (Å²) in [6.45, 7) is 4.21. The number of likely N-dealkylation sites (tertiary alicyclic amines) is 2. The van der Waals surface area contributed by atoms with Gasteiger partial charge in [-0.15, -0.1) is 0 Å². The number of halogens is 1. The van der Waals surface area contributed by atoms with E-state index < -0.39 is 0 Å². The Bertz CT molecular complexity index is 506. The van der Waals surface area contributed by atoms with Crippen molar-refractivity contribution < 1.29 is 4.79 Å². The van der Waals surface area contributed by atoms with Crippen LogP contribution in [0.1, 0.15) is 24.8 Å². The van der Waals surface area contributed by atoms with E-state index in [0.29, 0.717) is 11.8 Å². The van der Waals surface area contributed by atoms with Crippen LogP contribution in [0.15, 0.2) is 24.3 Å². The van der Waals surface area contributed by atoms with E-state index in [0.717, 1.165) is 23.7 Å². The van der Waals surface area contributed by atoms with Crippen LogP contribution in [0.4, 0.5) is 0 Å². The van der Waals surface area contributed by atoms with Gasteiger partial charge in [0.2, 0.25) is 5.91 Å². The summed E-state index contributed by atoms with van der Waals surface area (Å²) in [5.41, 5.74) is 1.44. The van der Waals surface area contributed by atoms with E-state index in [4.69, 9.17) is 11.6 Å². The SMILES string of the molecule is CN1CCC2(CC1)CCN(C(=O)Cc1ccc(Cl)cc1)C2. The molecule has 0 aromatic heterocycles. The molecule has 114 valence electrons. The molecule has 3 nitrogen and oxygen atoms in total. The third-order valence-corrected chi connectivity index (χ3v) is 5.36. The highest BCUT2D eigenvalue weighted by atomic mass is 35.5. The predicted octanol–water partition coefficient (Wildman–Crippen LogP) is 2.83. The maximum atomic E-state index is 12.5. The summed E-state index contributed by atoms with van der Waals surface area (Å²) in [5.74, 6) is 0.258. The molecule has 2 saturated heterocycles. The lowest BCUT2D eigenvalue weighted by Crippen LogP contribution is -2.40. The fraction of sp³-hybridized carbons (Fsp3) is 0.588. The van der Waals surface area contributed by atoms with Gasteiger partial charge in [-0.2, -0.15) is 0 Å². The summed E-state index contributed by atoms with van der Waals surface area (Å²) in [7, 11) is 2.19. The number of amides is 1. The molecule has 2 aliphatic rings. The van der Waals surface area contributed by atoms with Crippen LogP contribution >= 0.6 is 11.6 Å². The number of benzene rings is 1. The standard InChI is InChI=1S/C17H23ClN2O/c1-19-9-6-17(7-10-19)8-11-20(13-17)16(21)12-14-2-4-15(18)5-3-14/h2-5H,6-13H2,1H3. The molecular weight excluding hydrogens is 284 g/mol. The fourth-order valence-electron chi connectivity index (χ4n) is 3.54. The van der Waals surface area contributed by atoms with Crippen LogP contribution < -0.4 is 0 Å². The largest absolute Gasteiger partial charge is 0.342 e. The maximum Gasteiger partial charge on any atom is 0.227 e. The van der Waals surface area contributed by atoms with E-state index in [2.05, 4.69) is 16.8 Å². The third kappa shape index (κ3) is 3.41. The minimum Gasteiger partial charge on any atom is -0.342 e. The summed E-state index contributed by atoms with van der Waals surface area (Å²) in [4.78, 5) is 16.9. The van der Waals surface area contributed by atoms with Crippen LogP contribution in [0.25, 0.3) is 0 Å². The Hall–Kier alpha value is -1.06. The molecule has 4 heteroatoms. The number of hydrogen-bond donors (Lipinski definition) is 0. The van der Waals surface area contributed by atoms with Crippen LogP contribution in [0, 0.1) is 5.41 Å². The zero-order chi connectivity index (χ0) is 14.9. The minimum absolute atomic E-state index is 0.258. The second kappa shape index (κ2) is 5.98. The predicted molar refractivity (Wildman–Crippen MR) is 85.5 cm³/mol. The molecule has 0 saturated carbocycles. The number of piperidine rings is 1. The monoisotopic (exact) mass is 306 g/mol. The van der Waals surface area contributed by atoms with Gasteiger partial charge in [0.1, 0.15) is 0 Å². The Morgan fingerprint density at radius 3 is 2.43 bits per heavy atom. The second-order valence-corrected chi connectivity index (χ2v) is 7.11. The average Bonchev–Trinajstić information content (AvgIpc) is 2.89. The maximum absolute atomic E-state index is 12.5. The van der Waals surface area contributed by atoms with E-state index in [1.807, 2.05) is 24.3 Å². The van der Waals surface area contributed by atoms with E-state index >= 15 is 0 Å². The van der Waals surface area contributed by atoms with Gasteiger partial charge >= 0.3 is 0 Å². The molecule has 1 amide bonds. The van der Waals surface area contributed by atoms with Crippen molar-refractivity contribution in [3.63, 3.8) is 0 Å². The summed E-state index contributed by atoms with van der Waals surface area (Å²) >= 11 is 5.89. The third-order valence-electron chi connectivity index (χ3n) is 5.11. The van der Waals surface area contributed by atoms with Crippen LogP contribution in [-0.4, -0.2) is 48.9 Å². The highest BCUT2D eigenvalue weighted by Gasteiger charge is 2.41. The lowest BCUT2D eigenvalue weighted by Gasteiger charge is -2.37. The summed E-state index contributed by atoms with van der Waals surface area (Å²) in [6.07, 6.45) is 4.13. The zero-order valence-corrected chi connectivity index (χ0v) is 13.4. The van der Waals surface area contributed by atoms with Crippen molar-refractivity contribution in [2.45, 2.75) is 25.7 Å². The first-order valence-electron chi connectivity index (χ1n) is 7.77. The molecule has 0 unspecified atom stereocenters. The Morgan fingerprint density at radius 1 is 1.14 bits per heavy atom. The van der Waals surface area contributed by atoms with Crippen LogP contribution in [0.2, 0.25) is 5.02 Å². The fourth-order valence-corrected chi connectivity index (χ4v) is 3.66. The van der Waals surface area contributed by atoms with Gasteiger partial charge in [0.25, 0.3) is 0 Å². The van der Waals surface area contributed by atoms with E-state index in [1.165, 1.54) is 32.4 Å². The molecule has 2 aliphatic heterocycles. The van der Waals surface area contributed by atoms with Crippen molar-refractivity contribution in [3.8, 4) is 0 Å². The van der Waals surface area contributed by atoms with E-state index in [1.54, 1.807) is 0 Å². The Kier molecular flexibility index (Phi) is 4.23. The highest BCUT2D eigenvalue weighted by molar-refractivity contribution is 6.30. The minimum atomic E-state index is 0.258. The van der Waals surface area contributed by atoms with Crippen LogP contribution in [0.5, 0.6) is 0 Å². The first-order chi connectivity index (χ1) is 10.1. The van der Waals surface area contributed by atoms with Crippen LogP contribution in [-0.2, 0) is 11.2 Å². The van der Waals surface area contributed by atoms with Gasteiger partial charge in [-0.1, -0.05) is 23.7 Å². The second-order valence-electron chi connectivity index (χ2n) is 6.67. The van der Waals surface area contributed by atoms with Gasteiger partial charge in [0.05, 0.1) is 6.42 Å². The Labute approximate surface area is 131 Å². The van der Waals surface area contributed by atoms with Crippen molar-refractivity contribution in [1.29, 1.82) is 0 Å². The number of rotatable bonds is 2. The number of hydrogen-bond acceptors (Lipinski definition) is 2. The average molecular weight is 307 g/mol. The van der Waals surface area contributed by atoms with E-state index in [-0.39, 0.29) is 5.91 Å². The van der Waals surface area contributed by atoms with Gasteiger partial charge in [-0.25, -0.2) is 0 Å². The molecule has 1 aromatic rings. The summed E-state index contributed by atoms with van der Waals surface area (Å²) in [5, 5.41) is 0.720. The number of carbonyl (C=O) groups is 1. The Balaban J connectivity index is 1.58. The van der Waals surface area contributed by atoms with Gasteiger partial charge in [-0.05, 0) is 62.5 Å². The molecule has 2 heterocycles. The summed E-state index contributed by atoms with van der Waals surface area (Å²) < 4.78 is 0. The van der Waals surface area contributed by atoms with Crippen molar-refractivity contribution in [3.05, 3.63) is 34.9 Å². The van der Waals surface area contributed by atoms with Crippen molar-refractivity contribution in [2.24, 2.45) is 5.41 Å². The van der Waals surface area contributed by atoms with Crippen molar-refractivity contribution in [2.75, 3.05) is 33.2 Å². The quantitative estimate of drug-likeness (QED) is 0.839. The molecule has 0 N–H and O–H groups in total. The molecule has 21 heavy (non-hydrogen) atoms. The van der Waals surface area contributed by atoms with Crippen molar-refractivity contribution in [1.82, 2.24) is 9.80 Å². The molecular formula is C17H23ClN2O. The first-order valence-corrected chi connectivity index (χ1v) is 8.15. The smallest absolute Gasteiger partial charge is 0.227 e. The number of carbonyl (C=O) groups excluding carboxylic acids is 1. The van der Waals surface area contributed by atoms with Gasteiger partial charge in [0.15, 0.2) is 0 Å². The van der Waals surface area contributed by atoms with Gasteiger partial charge in [-0.3, -0.25) is 4.79 Å². The normalized spacial score (nSPS) is 21.9. The zero-order valence-electron chi connectivity index (χ0n) is 12.6. The van der Waals surface area contributed by atoms with Gasteiger partial charge in [0, 0.05) is 18.1 Å². The molecule has 1 spiro atoms. The molecule has 0 atom stereocenters.